The Morgan fingerprint density at radius 3 is 2.53 bits per heavy atom. The topological polar surface area (TPSA) is 108 Å². The van der Waals surface area contributed by atoms with Crippen molar-refractivity contribution >= 4 is 49.0 Å². The molecule has 1 aromatic carbocycles. The molecule has 0 radical (unpaired) electrons. The minimum Gasteiger partial charge on any atom is -0.366 e. The number of rotatable bonds is 7. The van der Waals surface area contributed by atoms with Crippen molar-refractivity contribution < 1.29 is 26.4 Å². The zero-order valence-corrected chi connectivity index (χ0v) is 21.2. The average molecular weight is 543 g/mol. The molecule has 194 valence electrons. The van der Waals surface area contributed by atoms with E-state index in [-0.39, 0.29) is 27.1 Å². The third-order valence-electron chi connectivity index (χ3n) is 5.69. The molecule has 3 aromatic rings. The van der Waals surface area contributed by atoms with Crippen molar-refractivity contribution in [2.75, 3.05) is 43.4 Å². The van der Waals surface area contributed by atoms with Crippen molar-refractivity contribution in [2.45, 2.75) is 30.3 Å². The Labute approximate surface area is 210 Å². The molecule has 0 aliphatic carbocycles. The first-order chi connectivity index (χ1) is 16.9. The number of carbonyl (C=O) groups excluding carboxylic acids is 1. The zero-order chi connectivity index (χ0) is 26.1. The van der Waals surface area contributed by atoms with E-state index in [2.05, 4.69) is 25.5 Å². The summed E-state index contributed by atoms with van der Waals surface area (Å²) >= 11 is 1.01. The number of anilines is 2. The second-order valence-electron chi connectivity index (χ2n) is 8.47. The number of fused-ring (bicyclic) bond motifs is 1. The summed E-state index contributed by atoms with van der Waals surface area (Å²) in [6, 6.07) is 6.75. The number of hydrogen-bond donors (Lipinski definition) is 2. The smallest absolute Gasteiger partial charge is 0.366 e. The highest BCUT2D eigenvalue weighted by Gasteiger charge is 2.34. The molecule has 14 heteroatoms. The van der Waals surface area contributed by atoms with Crippen molar-refractivity contribution in [2.24, 2.45) is 0 Å². The van der Waals surface area contributed by atoms with Crippen LogP contribution in [0.15, 0.2) is 40.9 Å². The predicted octanol–water partition coefficient (Wildman–Crippen LogP) is 3.48. The van der Waals surface area contributed by atoms with Gasteiger partial charge in [0.1, 0.15) is 16.4 Å². The molecule has 0 bridgehead atoms. The van der Waals surface area contributed by atoms with Gasteiger partial charge in [-0.25, -0.2) is 18.4 Å². The largest absolute Gasteiger partial charge is 0.418 e. The second-order valence-corrected chi connectivity index (χ2v) is 11.7. The van der Waals surface area contributed by atoms with E-state index in [0.717, 1.165) is 23.7 Å². The highest BCUT2D eigenvalue weighted by atomic mass is 32.2. The van der Waals surface area contributed by atoms with Gasteiger partial charge in [0, 0.05) is 51.1 Å². The standard InChI is InChI=1S/C22H25F3N6O3S2/c1-14(28-21-16-4-3-5-17(22(23,24)25)20(16)26-13-27-21)12-30-8-10-31(11-9-30)36(33,34)19-7-6-18(35-19)29-15(2)32/h3-7,13-14H,8-12H2,1-2H3,(H,29,32)(H,26,27,28)/t14-/m0/s1. The number of carbonyl (C=O) groups is 1. The highest BCUT2D eigenvalue weighted by Crippen LogP contribution is 2.35. The molecule has 0 unspecified atom stereocenters. The van der Waals surface area contributed by atoms with Crippen LogP contribution < -0.4 is 10.6 Å². The Hall–Kier alpha value is -2.81. The van der Waals surface area contributed by atoms with Gasteiger partial charge in [0.15, 0.2) is 0 Å². The van der Waals surface area contributed by atoms with Gasteiger partial charge in [-0.3, -0.25) is 9.69 Å². The normalized spacial score (nSPS) is 16.7. The predicted molar refractivity (Wildman–Crippen MR) is 131 cm³/mol. The van der Waals surface area contributed by atoms with Crippen LogP contribution in [0.4, 0.5) is 24.0 Å². The quantitative estimate of drug-likeness (QED) is 0.471. The van der Waals surface area contributed by atoms with E-state index >= 15 is 0 Å². The lowest BCUT2D eigenvalue weighted by atomic mass is 10.1. The maximum Gasteiger partial charge on any atom is 0.418 e. The van der Waals surface area contributed by atoms with Crippen LogP contribution in [-0.4, -0.2) is 72.3 Å². The van der Waals surface area contributed by atoms with Gasteiger partial charge in [0.2, 0.25) is 5.91 Å². The molecule has 1 amide bonds. The number of amides is 1. The number of sulfonamides is 1. The maximum atomic E-state index is 13.3. The summed E-state index contributed by atoms with van der Waals surface area (Å²) in [5, 5.41) is 6.51. The maximum absolute atomic E-state index is 13.3. The molecule has 0 saturated carbocycles. The van der Waals surface area contributed by atoms with Gasteiger partial charge >= 0.3 is 6.18 Å². The SMILES string of the molecule is CC(=O)Nc1ccc(S(=O)(=O)N2CCN(C[C@H](C)Nc3ncnc4c(C(F)(F)F)cccc34)CC2)s1. The number of nitrogens with one attached hydrogen (secondary N) is 2. The van der Waals surface area contributed by atoms with Crippen LogP contribution in [0.25, 0.3) is 10.9 Å². The van der Waals surface area contributed by atoms with Gasteiger partial charge in [0.25, 0.3) is 10.0 Å². The van der Waals surface area contributed by atoms with Crippen LogP contribution in [0, 0.1) is 0 Å². The highest BCUT2D eigenvalue weighted by molar-refractivity contribution is 7.91. The third kappa shape index (κ3) is 5.77. The van der Waals surface area contributed by atoms with E-state index in [1.807, 2.05) is 6.92 Å². The van der Waals surface area contributed by atoms with E-state index < -0.39 is 21.8 Å². The van der Waals surface area contributed by atoms with E-state index in [9.17, 15) is 26.4 Å². The lowest BCUT2D eigenvalue weighted by molar-refractivity contribution is -0.136. The molecule has 0 spiro atoms. The number of benzene rings is 1. The van der Waals surface area contributed by atoms with E-state index in [1.165, 1.54) is 23.4 Å². The van der Waals surface area contributed by atoms with Crippen molar-refractivity contribution in [3.8, 4) is 0 Å². The van der Waals surface area contributed by atoms with E-state index in [1.54, 1.807) is 12.1 Å². The summed E-state index contributed by atoms with van der Waals surface area (Å²) in [6.07, 6.45) is -3.41. The molecule has 2 aromatic heterocycles. The van der Waals surface area contributed by atoms with Gasteiger partial charge < -0.3 is 10.6 Å². The number of alkyl halides is 3. The fourth-order valence-corrected chi connectivity index (χ4v) is 6.91. The summed E-state index contributed by atoms with van der Waals surface area (Å²) in [6.45, 7) is 5.39. The minimum atomic E-state index is -4.52. The number of halogens is 3. The summed E-state index contributed by atoms with van der Waals surface area (Å²) in [7, 11) is -3.67. The third-order valence-corrected chi connectivity index (χ3v) is 9.06. The molecular formula is C22H25F3N6O3S2. The number of hydrogen-bond acceptors (Lipinski definition) is 8. The van der Waals surface area contributed by atoms with Crippen LogP contribution in [0.2, 0.25) is 0 Å². The van der Waals surface area contributed by atoms with Crippen LogP contribution in [0.1, 0.15) is 19.4 Å². The van der Waals surface area contributed by atoms with Crippen molar-refractivity contribution in [3.63, 3.8) is 0 Å². The molecule has 1 fully saturated rings. The van der Waals surface area contributed by atoms with Crippen molar-refractivity contribution in [1.29, 1.82) is 0 Å². The molecule has 2 N–H and O–H groups in total. The summed E-state index contributed by atoms with van der Waals surface area (Å²) in [4.78, 5) is 21.3. The molecule has 3 heterocycles. The summed E-state index contributed by atoms with van der Waals surface area (Å²) in [5.41, 5.74) is -0.978. The number of nitrogens with zero attached hydrogens (tertiary/aromatic N) is 4. The first kappa shape index (κ1) is 26.3. The van der Waals surface area contributed by atoms with Crippen LogP contribution in [0.3, 0.4) is 0 Å². The van der Waals surface area contributed by atoms with Gasteiger partial charge in [-0.05, 0) is 31.2 Å². The average Bonchev–Trinajstić information content (AvgIpc) is 3.27. The second kappa shape index (κ2) is 10.3. The first-order valence-corrected chi connectivity index (χ1v) is 13.4. The van der Waals surface area contributed by atoms with Gasteiger partial charge in [-0.2, -0.15) is 17.5 Å². The fourth-order valence-electron chi connectivity index (χ4n) is 4.08. The molecule has 1 aliphatic heterocycles. The lowest BCUT2D eigenvalue weighted by Crippen LogP contribution is -2.50. The zero-order valence-electron chi connectivity index (χ0n) is 19.5. The molecule has 36 heavy (non-hydrogen) atoms. The Balaban J connectivity index is 1.37. The molecular weight excluding hydrogens is 517 g/mol. The van der Waals surface area contributed by atoms with Crippen LogP contribution >= 0.6 is 11.3 Å². The molecule has 1 saturated heterocycles. The Bertz CT molecular complexity index is 1350. The summed E-state index contributed by atoms with van der Waals surface area (Å²) in [5.74, 6) is 0.0420. The minimum absolute atomic E-state index is 0.163. The molecule has 4 rings (SSSR count). The number of para-hydroxylation sites is 1. The number of aromatic nitrogens is 2. The van der Waals surface area contributed by atoms with Gasteiger partial charge in [-0.1, -0.05) is 6.07 Å². The van der Waals surface area contributed by atoms with Gasteiger partial charge in [0.05, 0.1) is 16.1 Å². The first-order valence-electron chi connectivity index (χ1n) is 11.1. The summed E-state index contributed by atoms with van der Waals surface area (Å²) < 4.78 is 67.6. The van der Waals surface area contributed by atoms with E-state index in [0.29, 0.717) is 43.5 Å². The van der Waals surface area contributed by atoms with Gasteiger partial charge in [-0.15, -0.1) is 11.3 Å². The van der Waals surface area contributed by atoms with Crippen molar-refractivity contribution in [3.05, 3.63) is 42.2 Å². The Kier molecular flexibility index (Phi) is 7.50. The fraction of sp³-hybridized carbons (Fsp3) is 0.409. The lowest BCUT2D eigenvalue weighted by Gasteiger charge is -2.35. The monoisotopic (exact) mass is 542 g/mol. The molecule has 1 aliphatic rings. The van der Waals surface area contributed by atoms with Crippen LogP contribution in [0.5, 0.6) is 0 Å². The molecule has 9 nitrogen and oxygen atoms in total. The Morgan fingerprint density at radius 2 is 1.86 bits per heavy atom. The van der Waals surface area contributed by atoms with Crippen molar-refractivity contribution in [1.82, 2.24) is 19.2 Å². The number of thiophene rings is 1. The Morgan fingerprint density at radius 1 is 1.14 bits per heavy atom. The van der Waals surface area contributed by atoms with E-state index in [4.69, 9.17) is 0 Å². The number of piperazine rings is 1. The molecule has 1 atom stereocenters. The van der Waals surface area contributed by atoms with Crippen LogP contribution in [-0.2, 0) is 21.0 Å².